The zero-order valence-corrected chi connectivity index (χ0v) is 12.1. The van der Waals surface area contributed by atoms with Crippen LogP contribution in [-0.2, 0) is 0 Å². The molecule has 1 unspecified atom stereocenters. The van der Waals surface area contributed by atoms with Crippen molar-refractivity contribution in [2.24, 2.45) is 5.92 Å². The van der Waals surface area contributed by atoms with Gasteiger partial charge < -0.3 is 5.32 Å². The van der Waals surface area contributed by atoms with E-state index in [4.69, 9.17) is 11.6 Å². The number of hydrogen-bond acceptors (Lipinski definition) is 5. The molecular formula is C13H17ClN6. The zero-order valence-electron chi connectivity index (χ0n) is 11.3. The van der Waals surface area contributed by atoms with Gasteiger partial charge in [0.15, 0.2) is 0 Å². The van der Waals surface area contributed by atoms with Crippen molar-refractivity contribution in [2.45, 2.75) is 38.6 Å². The van der Waals surface area contributed by atoms with Crippen LogP contribution in [0.4, 0.5) is 5.95 Å². The van der Waals surface area contributed by atoms with E-state index in [1.54, 1.807) is 17.1 Å². The maximum atomic E-state index is 5.97. The molecule has 1 atom stereocenters. The molecule has 106 valence electrons. The van der Waals surface area contributed by atoms with Crippen LogP contribution < -0.4 is 5.32 Å². The average molecular weight is 293 g/mol. The third kappa shape index (κ3) is 2.90. The fraction of sp³-hybridized carbons (Fsp3) is 0.538. The predicted octanol–water partition coefficient (Wildman–Crippen LogP) is 2.70. The van der Waals surface area contributed by atoms with Crippen LogP contribution >= 0.6 is 11.6 Å². The Kier molecular flexibility index (Phi) is 3.82. The SMILES string of the molecule is CC(Nc1nc(Cl)nc(-n2cccn2)n1)C1CCCC1. The van der Waals surface area contributed by atoms with Gasteiger partial charge in [0.05, 0.1) is 0 Å². The van der Waals surface area contributed by atoms with Gasteiger partial charge in [-0.25, -0.2) is 4.68 Å². The molecule has 0 amide bonds. The van der Waals surface area contributed by atoms with Crippen molar-refractivity contribution >= 4 is 17.5 Å². The first-order valence-corrected chi connectivity index (χ1v) is 7.28. The van der Waals surface area contributed by atoms with E-state index in [1.807, 2.05) is 6.07 Å². The molecule has 20 heavy (non-hydrogen) atoms. The van der Waals surface area contributed by atoms with Gasteiger partial charge in [0.1, 0.15) is 0 Å². The first-order chi connectivity index (χ1) is 9.72. The molecule has 0 spiro atoms. The van der Waals surface area contributed by atoms with Crippen LogP contribution in [0.2, 0.25) is 5.28 Å². The second-order valence-electron chi connectivity index (χ2n) is 5.16. The minimum Gasteiger partial charge on any atom is -0.351 e. The monoisotopic (exact) mass is 292 g/mol. The van der Waals surface area contributed by atoms with Crippen LogP contribution in [0.15, 0.2) is 18.5 Å². The molecule has 0 bridgehead atoms. The molecular weight excluding hydrogens is 276 g/mol. The van der Waals surface area contributed by atoms with Crippen molar-refractivity contribution in [1.82, 2.24) is 24.7 Å². The van der Waals surface area contributed by atoms with E-state index < -0.39 is 0 Å². The summed E-state index contributed by atoms with van der Waals surface area (Å²) in [5.74, 6) is 1.62. The summed E-state index contributed by atoms with van der Waals surface area (Å²) in [6.45, 7) is 2.17. The Labute approximate surface area is 122 Å². The van der Waals surface area contributed by atoms with Crippen LogP contribution in [0, 0.1) is 5.92 Å². The maximum absolute atomic E-state index is 5.97. The Morgan fingerprint density at radius 1 is 1.30 bits per heavy atom. The lowest BCUT2D eigenvalue weighted by Crippen LogP contribution is -2.25. The lowest BCUT2D eigenvalue weighted by Gasteiger charge is -2.20. The zero-order chi connectivity index (χ0) is 13.9. The average Bonchev–Trinajstić information content (AvgIpc) is 3.12. The fourth-order valence-corrected chi connectivity index (χ4v) is 2.83. The van der Waals surface area contributed by atoms with E-state index in [-0.39, 0.29) is 5.28 Å². The summed E-state index contributed by atoms with van der Waals surface area (Å²) in [5.41, 5.74) is 0. The summed E-state index contributed by atoms with van der Waals surface area (Å²) in [6, 6.07) is 2.15. The molecule has 2 aromatic heterocycles. The number of anilines is 1. The molecule has 1 aliphatic carbocycles. The molecule has 3 rings (SSSR count). The molecule has 1 aliphatic rings. The Bertz CT molecular complexity index is 564. The van der Waals surface area contributed by atoms with Crippen LogP contribution in [0.25, 0.3) is 5.95 Å². The molecule has 2 aromatic rings. The number of nitrogens with zero attached hydrogens (tertiary/aromatic N) is 5. The molecule has 1 fully saturated rings. The molecule has 1 N–H and O–H groups in total. The molecule has 0 radical (unpaired) electrons. The molecule has 0 aromatic carbocycles. The third-order valence-corrected chi connectivity index (χ3v) is 3.94. The number of aromatic nitrogens is 5. The van der Waals surface area contributed by atoms with Crippen molar-refractivity contribution in [3.8, 4) is 5.95 Å². The second kappa shape index (κ2) is 5.75. The summed E-state index contributed by atoms with van der Waals surface area (Å²) < 4.78 is 1.57. The number of rotatable bonds is 4. The summed E-state index contributed by atoms with van der Waals surface area (Å²) in [6.07, 6.45) is 8.60. The van der Waals surface area contributed by atoms with E-state index in [0.29, 0.717) is 23.9 Å². The van der Waals surface area contributed by atoms with Crippen molar-refractivity contribution in [3.63, 3.8) is 0 Å². The highest BCUT2D eigenvalue weighted by atomic mass is 35.5. The Hall–Kier alpha value is -1.69. The van der Waals surface area contributed by atoms with Gasteiger partial charge in [-0.05, 0) is 43.4 Å². The first kappa shape index (κ1) is 13.3. The lowest BCUT2D eigenvalue weighted by molar-refractivity contribution is 0.479. The first-order valence-electron chi connectivity index (χ1n) is 6.90. The van der Waals surface area contributed by atoms with Crippen molar-refractivity contribution in [1.29, 1.82) is 0 Å². The van der Waals surface area contributed by atoms with E-state index in [1.165, 1.54) is 25.7 Å². The van der Waals surface area contributed by atoms with Gasteiger partial charge in [0.25, 0.3) is 5.95 Å². The van der Waals surface area contributed by atoms with Crippen LogP contribution in [-0.4, -0.2) is 30.8 Å². The largest absolute Gasteiger partial charge is 0.351 e. The Balaban J connectivity index is 1.79. The van der Waals surface area contributed by atoms with Crippen LogP contribution in [0.5, 0.6) is 0 Å². The molecule has 2 heterocycles. The van der Waals surface area contributed by atoms with Crippen molar-refractivity contribution in [3.05, 3.63) is 23.7 Å². The Morgan fingerprint density at radius 3 is 2.80 bits per heavy atom. The number of halogens is 1. The molecule has 0 saturated heterocycles. The molecule has 6 nitrogen and oxygen atoms in total. The summed E-state index contributed by atoms with van der Waals surface area (Å²) in [5, 5.41) is 7.61. The van der Waals surface area contributed by atoms with Crippen LogP contribution in [0.3, 0.4) is 0 Å². The third-order valence-electron chi connectivity index (χ3n) is 3.77. The van der Waals surface area contributed by atoms with E-state index in [2.05, 4.69) is 32.3 Å². The van der Waals surface area contributed by atoms with Gasteiger partial charge >= 0.3 is 0 Å². The summed E-state index contributed by atoms with van der Waals surface area (Å²) in [7, 11) is 0. The molecule has 0 aliphatic heterocycles. The van der Waals surface area contributed by atoms with E-state index in [9.17, 15) is 0 Å². The van der Waals surface area contributed by atoms with Gasteiger partial charge in [-0.2, -0.15) is 20.1 Å². The fourth-order valence-electron chi connectivity index (χ4n) is 2.67. The maximum Gasteiger partial charge on any atom is 0.256 e. The number of nitrogens with one attached hydrogen (secondary N) is 1. The normalized spacial score (nSPS) is 17.3. The molecule has 1 saturated carbocycles. The second-order valence-corrected chi connectivity index (χ2v) is 5.49. The van der Waals surface area contributed by atoms with Gasteiger partial charge in [0, 0.05) is 18.4 Å². The van der Waals surface area contributed by atoms with Gasteiger partial charge in [-0.1, -0.05) is 12.8 Å². The smallest absolute Gasteiger partial charge is 0.256 e. The van der Waals surface area contributed by atoms with Gasteiger partial charge in [-0.3, -0.25) is 0 Å². The summed E-state index contributed by atoms with van der Waals surface area (Å²) >= 11 is 5.97. The van der Waals surface area contributed by atoms with Gasteiger partial charge in [0.2, 0.25) is 11.2 Å². The molecule has 7 heteroatoms. The van der Waals surface area contributed by atoms with Gasteiger partial charge in [-0.15, -0.1) is 0 Å². The van der Waals surface area contributed by atoms with Crippen LogP contribution in [0.1, 0.15) is 32.6 Å². The highest BCUT2D eigenvalue weighted by Gasteiger charge is 2.22. The quantitative estimate of drug-likeness (QED) is 0.938. The lowest BCUT2D eigenvalue weighted by atomic mass is 10.0. The summed E-state index contributed by atoms with van der Waals surface area (Å²) in [4.78, 5) is 12.6. The highest BCUT2D eigenvalue weighted by molar-refractivity contribution is 6.28. The minimum absolute atomic E-state index is 0.173. The number of hydrogen-bond donors (Lipinski definition) is 1. The highest BCUT2D eigenvalue weighted by Crippen LogP contribution is 2.28. The standard InChI is InChI=1S/C13H17ClN6/c1-9(10-5-2-3-6-10)16-12-17-11(14)18-13(19-12)20-8-4-7-15-20/h4,7-10H,2-3,5-6H2,1H3,(H,16,17,18,19). The topological polar surface area (TPSA) is 68.5 Å². The van der Waals surface area contributed by atoms with Crippen molar-refractivity contribution in [2.75, 3.05) is 5.32 Å². The van der Waals surface area contributed by atoms with E-state index in [0.717, 1.165) is 0 Å². The van der Waals surface area contributed by atoms with Crippen molar-refractivity contribution < 1.29 is 0 Å². The predicted molar refractivity (Wildman–Crippen MR) is 77.0 cm³/mol. The van der Waals surface area contributed by atoms with E-state index >= 15 is 0 Å². The minimum atomic E-state index is 0.173. The Morgan fingerprint density at radius 2 is 2.10 bits per heavy atom.